The van der Waals surface area contributed by atoms with Crippen molar-refractivity contribution in [1.82, 2.24) is 4.90 Å². The van der Waals surface area contributed by atoms with Crippen LogP contribution in [0.15, 0.2) is 10.5 Å². The highest BCUT2D eigenvalue weighted by Gasteiger charge is 2.21. The van der Waals surface area contributed by atoms with Crippen molar-refractivity contribution < 1.29 is 14.3 Å². The molecule has 0 bridgehead atoms. The Morgan fingerprint density at radius 2 is 2.35 bits per heavy atom. The number of carboxylic acid groups (broad SMARTS) is 1. The smallest absolute Gasteiger partial charge is 0.339 e. The average Bonchev–Trinajstić information content (AvgIpc) is 2.63. The quantitative estimate of drug-likeness (QED) is 0.878. The molecule has 1 atom stereocenters. The lowest BCUT2D eigenvalue weighted by atomic mass is 10.0. The molecule has 0 amide bonds. The van der Waals surface area contributed by atoms with E-state index in [0.717, 1.165) is 18.8 Å². The fourth-order valence-electron chi connectivity index (χ4n) is 2.43. The molecule has 1 N–H and O–H groups in total. The van der Waals surface area contributed by atoms with Gasteiger partial charge in [-0.2, -0.15) is 0 Å². The van der Waals surface area contributed by atoms with E-state index in [-0.39, 0.29) is 5.56 Å². The summed E-state index contributed by atoms with van der Waals surface area (Å²) in [6.07, 6.45) is 3.72. The molecule has 1 aromatic heterocycles. The maximum absolute atomic E-state index is 10.9. The van der Waals surface area contributed by atoms with Crippen molar-refractivity contribution in [2.75, 3.05) is 6.54 Å². The Morgan fingerprint density at radius 1 is 1.59 bits per heavy atom. The minimum absolute atomic E-state index is 0.282. The highest BCUT2D eigenvalue weighted by Crippen LogP contribution is 2.21. The van der Waals surface area contributed by atoms with Crippen LogP contribution < -0.4 is 0 Å². The molecule has 0 aliphatic carbocycles. The number of piperidine rings is 1. The standard InChI is InChI=1S/C13H19NO3/c1-9-5-3-4-6-14(9)8-11-7-12(13(15)16)10(2)17-11/h7,9H,3-6,8H2,1-2H3,(H,15,16). The predicted molar refractivity (Wildman–Crippen MR) is 64.1 cm³/mol. The third-order valence-electron chi connectivity index (χ3n) is 3.50. The number of furan rings is 1. The Balaban J connectivity index is 2.07. The summed E-state index contributed by atoms with van der Waals surface area (Å²) < 4.78 is 5.50. The van der Waals surface area contributed by atoms with Crippen molar-refractivity contribution in [2.45, 2.75) is 45.7 Å². The van der Waals surface area contributed by atoms with Gasteiger partial charge in [0.2, 0.25) is 0 Å². The van der Waals surface area contributed by atoms with Gasteiger partial charge in [0, 0.05) is 6.04 Å². The third kappa shape index (κ3) is 2.69. The fourth-order valence-corrected chi connectivity index (χ4v) is 2.43. The number of nitrogens with zero attached hydrogens (tertiary/aromatic N) is 1. The van der Waals surface area contributed by atoms with E-state index in [2.05, 4.69) is 11.8 Å². The zero-order chi connectivity index (χ0) is 12.4. The SMILES string of the molecule is Cc1oc(CN2CCCCC2C)cc1C(=O)O. The third-order valence-corrected chi connectivity index (χ3v) is 3.50. The summed E-state index contributed by atoms with van der Waals surface area (Å²) in [5.74, 6) is 0.343. The van der Waals surface area contributed by atoms with Crippen LogP contribution in [0, 0.1) is 6.92 Å². The Hall–Kier alpha value is -1.29. The molecule has 4 nitrogen and oxygen atoms in total. The minimum Gasteiger partial charge on any atom is -0.478 e. The number of carboxylic acids is 1. The molecule has 2 heterocycles. The summed E-state index contributed by atoms with van der Waals surface area (Å²) in [7, 11) is 0. The summed E-state index contributed by atoms with van der Waals surface area (Å²) in [5.41, 5.74) is 0.282. The summed E-state index contributed by atoms with van der Waals surface area (Å²) >= 11 is 0. The molecular formula is C13H19NO3. The molecule has 1 aliphatic rings. The van der Waals surface area contributed by atoms with Gasteiger partial charge in [-0.15, -0.1) is 0 Å². The first-order valence-electron chi connectivity index (χ1n) is 6.14. The van der Waals surface area contributed by atoms with Gasteiger partial charge < -0.3 is 9.52 Å². The second kappa shape index (κ2) is 4.92. The highest BCUT2D eigenvalue weighted by molar-refractivity contribution is 5.88. The van der Waals surface area contributed by atoms with Crippen LogP contribution in [0.3, 0.4) is 0 Å². The Labute approximate surface area is 101 Å². The molecule has 1 saturated heterocycles. The number of aryl methyl sites for hydroxylation is 1. The van der Waals surface area contributed by atoms with Gasteiger partial charge in [-0.3, -0.25) is 4.90 Å². The summed E-state index contributed by atoms with van der Waals surface area (Å²) in [6, 6.07) is 2.21. The lowest BCUT2D eigenvalue weighted by Gasteiger charge is -2.32. The van der Waals surface area contributed by atoms with Crippen molar-refractivity contribution in [3.05, 3.63) is 23.2 Å². The van der Waals surface area contributed by atoms with E-state index < -0.39 is 5.97 Å². The van der Waals surface area contributed by atoms with E-state index >= 15 is 0 Å². The van der Waals surface area contributed by atoms with Crippen LogP contribution in [-0.2, 0) is 6.54 Å². The van der Waals surface area contributed by atoms with E-state index in [0.29, 0.717) is 11.8 Å². The van der Waals surface area contributed by atoms with E-state index in [1.165, 1.54) is 19.3 Å². The number of aromatic carboxylic acids is 1. The van der Waals surface area contributed by atoms with Gasteiger partial charge in [-0.05, 0) is 39.3 Å². The molecule has 0 spiro atoms. The zero-order valence-corrected chi connectivity index (χ0v) is 10.4. The van der Waals surface area contributed by atoms with Gasteiger partial charge in [0.05, 0.1) is 6.54 Å². The van der Waals surface area contributed by atoms with Gasteiger partial charge in [0.25, 0.3) is 0 Å². The molecule has 94 valence electrons. The lowest BCUT2D eigenvalue weighted by molar-refractivity contribution is 0.0695. The predicted octanol–water partition coefficient (Wildman–Crippen LogP) is 2.66. The van der Waals surface area contributed by atoms with Crippen LogP contribution in [0.5, 0.6) is 0 Å². The van der Waals surface area contributed by atoms with Crippen molar-refractivity contribution in [3.63, 3.8) is 0 Å². The molecule has 1 aromatic rings. The Morgan fingerprint density at radius 3 is 2.94 bits per heavy atom. The first kappa shape index (κ1) is 12.2. The maximum atomic E-state index is 10.9. The average molecular weight is 237 g/mol. The van der Waals surface area contributed by atoms with Crippen molar-refractivity contribution in [1.29, 1.82) is 0 Å². The van der Waals surface area contributed by atoms with Crippen molar-refractivity contribution in [2.24, 2.45) is 0 Å². The van der Waals surface area contributed by atoms with Crippen LogP contribution in [0.4, 0.5) is 0 Å². The molecule has 0 radical (unpaired) electrons. The molecule has 17 heavy (non-hydrogen) atoms. The Kier molecular flexibility index (Phi) is 3.52. The minimum atomic E-state index is -0.913. The molecule has 2 rings (SSSR count). The fraction of sp³-hybridized carbons (Fsp3) is 0.615. The second-order valence-corrected chi connectivity index (χ2v) is 4.80. The van der Waals surface area contributed by atoms with Crippen molar-refractivity contribution >= 4 is 5.97 Å². The van der Waals surface area contributed by atoms with Crippen LogP contribution >= 0.6 is 0 Å². The van der Waals surface area contributed by atoms with E-state index in [4.69, 9.17) is 9.52 Å². The first-order chi connectivity index (χ1) is 8.08. The molecule has 0 saturated carbocycles. The molecular weight excluding hydrogens is 218 g/mol. The molecule has 0 aromatic carbocycles. The Bertz CT molecular complexity index is 411. The number of likely N-dealkylation sites (tertiary alicyclic amines) is 1. The van der Waals surface area contributed by atoms with Crippen LogP contribution in [0.25, 0.3) is 0 Å². The van der Waals surface area contributed by atoms with Gasteiger partial charge >= 0.3 is 5.97 Å². The van der Waals surface area contributed by atoms with E-state index in [1.54, 1.807) is 13.0 Å². The molecule has 4 heteroatoms. The molecule has 1 fully saturated rings. The topological polar surface area (TPSA) is 53.7 Å². The summed E-state index contributed by atoms with van der Waals surface area (Å²) in [6.45, 7) is 5.71. The lowest BCUT2D eigenvalue weighted by Crippen LogP contribution is -2.36. The monoisotopic (exact) mass is 237 g/mol. The normalized spacial score (nSPS) is 21.6. The summed E-state index contributed by atoms with van der Waals surface area (Å²) in [5, 5.41) is 8.96. The number of carbonyl (C=O) groups is 1. The number of rotatable bonds is 3. The van der Waals surface area contributed by atoms with Crippen LogP contribution in [0.2, 0.25) is 0 Å². The summed E-state index contributed by atoms with van der Waals surface area (Å²) in [4.78, 5) is 13.3. The maximum Gasteiger partial charge on any atom is 0.339 e. The van der Waals surface area contributed by atoms with Gasteiger partial charge in [-0.1, -0.05) is 6.42 Å². The van der Waals surface area contributed by atoms with E-state index in [9.17, 15) is 4.79 Å². The second-order valence-electron chi connectivity index (χ2n) is 4.80. The zero-order valence-electron chi connectivity index (χ0n) is 10.4. The van der Waals surface area contributed by atoms with Gasteiger partial charge in [0.15, 0.2) is 0 Å². The van der Waals surface area contributed by atoms with Crippen LogP contribution in [-0.4, -0.2) is 28.6 Å². The van der Waals surface area contributed by atoms with Crippen molar-refractivity contribution in [3.8, 4) is 0 Å². The highest BCUT2D eigenvalue weighted by atomic mass is 16.4. The van der Waals surface area contributed by atoms with Gasteiger partial charge in [0.1, 0.15) is 17.1 Å². The van der Waals surface area contributed by atoms with Crippen LogP contribution in [0.1, 0.15) is 48.1 Å². The van der Waals surface area contributed by atoms with Gasteiger partial charge in [-0.25, -0.2) is 4.79 Å². The largest absolute Gasteiger partial charge is 0.478 e. The number of hydrogen-bond donors (Lipinski definition) is 1. The molecule has 1 aliphatic heterocycles. The first-order valence-corrected chi connectivity index (χ1v) is 6.14. The molecule has 1 unspecified atom stereocenters. The number of hydrogen-bond acceptors (Lipinski definition) is 3. The van der Waals surface area contributed by atoms with E-state index in [1.807, 2.05) is 0 Å².